The normalized spacial score (nSPS) is 21.5. The highest BCUT2D eigenvalue weighted by molar-refractivity contribution is 6.30. The maximum absolute atomic E-state index is 11.8. The molecule has 0 aromatic carbocycles. The molecule has 1 saturated carbocycles. The third-order valence-electron chi connectivity index (χ3n) is 3.74. The Labute approximate surface area is 127 Å². The first kappa shape index (κ1) is 14.1. The van der Waals surface area contributed by atoms with Crippen molar-refractivity contribution in [3.8, 4) is 0 Å². The van der Waals surface area contributed by atoms with E-state index < -0.39 is 0 Å². The topological polar surface area (TPSA) is 74.3 Å². The first-order valence-electron chi connectivity index (χ1n) is 7.06. The van der Waals surface area contributed by atoms with E-state index >= 15 is 0 Å². The smallest absolute Gasteiger partial charge is 0.319 e. The van der Waals surface area contributed by atoms with Gasteiger partial charge in [-0.25, -0.2) is 4.79 Å². The van der Waals surface area contributed by atoms with E-state index in [-0.39, 0.29) is 17.9 Å². The second-order valence-electron chi connectivity index (χ2n) is 5.57. The van der Waals surface area contributed by atoms with Crippen LogP contribution in [0.5, 0.6) is 0 Å². The number of nitrogens with zero attached hydrogens (tertiary/aromatic N) is 2. The number of anilines is 1. The molecule has 3 amide bonds. The Morgan fingerprint density at radius 2 is 2.24 bits per heavy atom. The van der Waals surface area contributed by atoms with Gasteiger partial charge in [0.2, 0.25) is 5.91 Å². The number of hydrogen-bond acceptors (Lipinski definition) is 3. The summed E-state index contributed by atoms with van der Waals surface area (Å²) in [6, 6.07) is 1.77. The summed E-state index contributed by atoms with van der Waals surface area (Å²) in [5, 5.41) is 5.93. The number of carbonyl (C=O) groups excluding carboxylic acids is 2. The zero-order valence-corrected chi connectivity index (χ0v) is 12.3. The third-order valence-corrected chi connectivity index (χ3v) is 3.95. The van der Waals surface area contributed by atoms with Gasteiger partial charge in [-0.3, -0.25) is 9.78 Å². The largest absolute Gasteiger partial charge is 0.339 e. The van der Waals surface area contributed by atoms with Crippen molar-refractivity contribution in [2.75, 3.05) is 18.4 Å². The highest BCUT2D eigenvalue weighted by Crippen LogP contribution is 2.32. The molecule has 1 aliphatic heterocycles. The number of urea groups is 1. The van der Waals surface area contributed by atoms with Gasteiger partial charge < -0.3 is 15.5 Å². The standard InChI is InChI=1S/C14H17ClN4O2/c15-10-4-11(7-16-6-10)18-14(21)17-5-9-3-13(20)19(8-9)12-1-2-12/h4,6-7,9,12H,1-3,5,8H2,(H2,17,18,21). The number of aromatic nitrogens is 1. The molecule has 2 aliphatic rings. The van der Waals surface area contributed by atoms with Crippen LogP contribution in [-0.4, -0.2) is 41.0 Å². The third kappa shape index (κ3) is 3.64. The van der Waals surface area contributed by atoms with Gasteiger partial charge in [-0.05, 0) is 18.9 Å². The van der Waals surface area contributed by atoms with E-state index in [0.29, 0.717) is 29.7 Å². The Morgan fingerprint density at radius 3 is 2.95 bits per heavy atom. The number of carbonyl (C=O) groups is 2. The van der Waals surface area contributed by atoms with Gasteiger partial charge >= 0.3 is 6.03 Å². The van der Waals surface area contributed by atoms with Crippen LogP contribution < -0.4 is 10.6 Å². The summed E-state index contributed by atoms with van der Waals surface area (Å²) in [6.45, 7) is 1.25. The van der Waals surface area contributed by atoms with Gasteiger partial charge in [-0.1, -0.05) is 11.6 Å². The molecule has 1 aliphatic carbocycles. The first-order valence-corrected chi connectivity index (χ1v) is 7.44. The molecule has 1 saturated heterocycles. The van der Waals surface area contributed by atoms with Crippen LogP contribution in [0.4, 0.5) is 10.5 Å². The van der Waals surface area contributed by atoms with Gasteiger partial charge in [0.25, 0.3) is 0 Å². The molecule has 2 fully saturated rings. The SMILES string of the molecule is O=C(NCC1CC(=O)N(C2CC2)C1)Nc1cncc(Cl)c1. The predicted molar refractivity (Wildman–Crippen MR) is 79.1 cm³/mol. The highest BCUT2D eigenvalue weighted by Gasteiger charge is 2.39. The highest BCUT2D eigenvalue weighted by atomic mass is 35.5. The van der Waals surface area contributed by atoms with Gasteiger partial charge in [0.1, 0.15) is 0 Å². The molecule has 3 rings (SSSR count). The summed E-state index contributed by atoms with van der Waals surface area (Å²) in [4.78, 5) is 29.5. The molecule has 112 valence electrons. The molecule has 0 spiro atoms. The van der Waals surface area contributed by atoms with E-state index in [2.05, 4.69) is 15.6 Å². The van der Waals surface area contributed by atoms with Gasteiger partial charge in [-0.2, -0.15) is 0 Å². The summed E-state index contributed by atoms with van der Waals surface area (Å²) in [5.74, 6) is 0.407. The van der Waals surface area contributed by atoms with E-state index in [4.69, 9.17) is 11.6 Å². The van der Waals surface area contributed by atoms with Crippen molar-refractivity contribution in [1.82, 2.24) is 15.2 Å². The minimum absolute atomic E-state index is 0.196. The first-order chi connectivity index (χ1) is 10.1. The zero-order chi connectivity index (χ0) is 14.8. The molecule has 2 N–H and O–H groups in total. The van der Waals surface area contributed by atoms with Crippen molar-refractivity contribution < 1.29 is 9.59 Å². The second-order valence-corrected chi connectivity index (χ2v) is 6.01. The number of rotatable bonds is 4. The summed E-state index contributed by atoms with van der Waals surface area (Å²) in [5.41, 5.74) is 0.544. The van der Waals surface area contributed by atoms with Crippen LogP contribution in [0.25, 0.3) is 0 Å². The lowest BCUT2D eigenvalue weighted by Gasteiger charge is -2.15. The average Bonchev–Trinajstić information content (AvgIpc) is 3.20. The second kappa shape index (κ2) is 5.89. The number of pyridine rings is 1. The molecule has 21 heavy (non-hydrogen) atoms. The molecule has 1 atom stereocenters. The van der Waals surface area contributed by atoms with Crippen LogP contribution >= 0.6 is 11.6 Å². The van der Waals surface area contributed by atoms with Crippen molar-refractivity contribution >= 4 is 29.2 Å². The Kier molecular flexibility index (Phi) is 3.96. The lowest BCUT2D eigenvalue weighted by molar-refractivity contribution is -0.128. The fourth-order valence-corrected chi connectivity index (χ4v) is 2.75. The van der Waals surface area contributed by atoms with Crippen LogP contribution in [0, 0.1) is 5.92 Å². The Balaban J connectivity index is 1.45. The van der Waals surface area contributed by atoms with E-state index in [1.54, 1.807) is 6.07 Å². The lowest BCUT2D eigenvalue weighted by atomic mass is 10.1. The quantitative estimate of drug-likeness (QED) is 0.891. The van der Waals surface area contributed by atoms with Gasteiger partial charge in [0, 0.05) is 37.7 Å². The summed E-state index contributed by atoms with van der Waals surface area (Å²) < 4.78 is 0. The maximum Gasteiger partial charge on any atom is 0.319 e. The zero-order valence-electron chi connectivity index (χ0n) is 11.5. The monoisotopic (exact) mass is 308 g/mol. The van der Waals surface area contributed by atoms with Gasteiger partial charge in [0.05, 0.1) is 16.9 Å². The molecule has 6 nitrogen and oxygen atoms in total. The molecular formula is C14H17ClN4O2. The van der Waals surface area contributed by atoms with Crippen molar-refractivity contribution in [2.24, 2.45) is 5.92 Å². The molecule has 1 aromatic heterocycles. The minimum atomic E-state index is -0.309. The molecule has 0 bridgehead atoms. The Hall–Kier alpha value is -1.82. The number of amides is 3. The predicted octanol–water partition coefficient (Wildman–Crippen LogP) is 1.87. The van der Waals surface area contributed by atoms with E-state index in [1.807, 2.05) is 4.90 Å². The van der Waals surface area contributed by atoms with E-state index in [1.165, 1.54) is 12.4 Å². The summed E-state index contributed by atoms with van der Waals surface area (Å²) in [7, 11) is 0. The Bertz CT molecular complexity index is 562. The average molecular weight is 309 g/mol. The number of nitrogens with one attached hydrogen (secondary N) is 2. The molecule has 1 unspecified atom stereocenters. The number of likely N-dealkylation sites (tertiary alicyclic amines) is 1. The number of hydrogen-bond donors (Lipinski definition) is 2. The fourth-order valence-electron chi connectivity index (χ4n) is 2.58. The van der Waals surface area contributed by atoms with Crippen molar-refractivity contribution in [1.29, 1.82) is 0 Å². The van der Waals surface area contributed by atoms with E-state index in [0.717, 1.165) is 19.4 Å². The van der Waals surface area contributed by atoms with Crippen LogP contribution in [-0.2, 0) is 4.79 Å². The van der Waals surface area contributed by atoms with Crippen LogP contribution in [0.1, 0.15) is 19.3 Å². The molecular weight excluding hydrogens is 292 g/mol. The van der Waals surface area contributed by atoms with Crippen molar-refractivity contribution in [2.45, 2.75) is 25.3 Å². The van der Waals surface area contributed by atoms with Crippen molar-refractivity contribution in [3.63, 3.8) is 0 Å². The van der Waals surface area contributed by atoms with Crippen LogP contribution in [0.2, 0.25) is 5.02 Å². The lowest BCUT2D eigenvalue weighted by Crippen LogP contribution is -2.34. The van der Waals surface area contributed by atoms with Crippen LogP contribution in [0.15, 0.2) is 18.5 Å². The maximum atomic E-state index is 11.8. The van der Waals surface area contributed by atoms with Gasteiger partial charge in [0.15, 0.2) is 0 Å². The van der Waals surface area contributed by atoms with Crippen molar-refractivity contribution in [3.05, 3.63) is 23.5 Å². The van der Waals surface area contributed by atoms with E-state index in [9.17, 15) is 9.59 Å². The summed E-state index contributed by atoms with van der Waals surface area (Å²) >= 11 is 5.80. The Morgan fingerprint density at radius 1 is 1.43 bits per heavy atom. The molecule has 0 radical (unpaired) electrons. The fraction of sp³-hybridized carbons (Fsp3) is 0.500. The minimum Gasteiger partial charge on any atom is -0.339 e. The molecule has 2 heterocycles. The van der Waals surface area contributed by atoms with Gasteiger partial charge in [-0.15, -0.1) is 0 Å². The molecule has 1 aromatic rings. The summed E-state index contributed by atoms with van der Waals surface area (Å²) in [6.07, 6.45) is 5.79. The molecule has 7 heteroatoms. The van der Waals surface area contributed by atoms with Crippen LogP contribution in [0.3, 0.4) is 0 Å². The number of halogens is 1.